The van der Waals surface area contributed by atoms with Gasteiger partial charge in [0.2, 0.25) is 0 Å². The Morgan fingerprint density at radius 1 is 1.36 bits per heavy atom. The van der Waals surface area contributed by atoms with Crippen molar-refractivity contribution in [3.63, 3.8) is 0 Å². The molecule has 1 saturated carbocycles. The van der Waals surface area contributed by atoms with Crippen molar-refractivity contribution in [2.24, 2.45) is 5.41 Å². The molecule has 1 aromatic heterocycles. The average molecular weight is 314 g/mol. The topological polar surface area (TPSA) is 60.7 Å². The van der Waals surface area contributed by atoms with E-state index in [2.05, 4.69) is 60.8 Å². The molecule has 116 valence electrons. The van der Waals surface area contributed by atoms with Crippen molar-refractivity contribution < 1.29 is 0 Å². The van der Waals surface area contributed by atoms with Crippen LogP contribution in [0.2, 0.25) is 0 Å². The first-order chi connectivity index (χ1) is 10.5. The highest BCUT2D eigenvalue weighted by Gasteiger charge is 2.36. The van der Waals surface area contributed by atoms with E-state index < -0.39 is 0 Å². The molecular formula is C17H22N4S. The van der Waals surface area contributed by atoms with Crippen molar-refractivity contribution in [1.82, 2.24) is 10.3 Å². The van der Waals surface area contributed by atoms with Crippen LogP contribution in [0.25, 0.3) is 10.2 Å². The van der Waals surface area contributed by atoms with E-state index in [1.807, 2.05) is 0 Å². The van der Waals surface area contributed by atoms with E-state index in [4.69, 9.17) is 5.26 Å². The third-order valence-corrected chi connectivity index (χ3v) is 5.69. The Morgan fingerprint density at radius 3 is 2.86 bits per heavy atom. The molecule has 2 aromatic rings. The van der Waals surface area contributed by atoms with Crippen LogP contribution in [0.5, 0.6) is 0 Å². The summed E-state index contributed by atoms with van der Waals surface area (Å²) in [7, 11) is 2.05. The maximum atomic E-state index is 8.96. The van der Waals surface area contributed by atoms with Gasteiger partial charge in [-0.3, -0.25) is 0 Å². The fourth-order valence-corrected chi connectivity index (χ4v) is 4.16. The smallest absolute Gasteiger partial charge is 0.195 e. The van der Waals surface area contributed by atoms with Gasteiger partial charge in [0.1, 0.15) is 6.07 Å². The molecule has 5 heteroatoms. The summed E-state index contributed by atoms with van der Waals surface area (Å²) in [6, 6.07) is 9.42. The predicted molar refractivity (Wildman–Crippen MR) is 92.2 cm³/mol. The second-order valence-electron chi connectivity index (χ2n) is 6.77. The van der Waals surface area contributed by atoms with E-state index in [0.717, 1.165) is 22.3 Å². The van der Waals surface area contributed by atoms with Crippen molar-refractivity contribution in [2.75, 3.05) is 12.4 Å². The summed E-state index contributed by atoms with van der Waals surface area (Å²) in [5, 5.41) is 16.6. The molecule has 4 nitrogen and oxygen atoms in total. The zero-order chi connectivity index (χ0) is 15.7. The molecule has 1 fully saturated rings. The molecule has 0 radical (unpaired) electrons. The van der Waals surface area contributed by atoms with Crippen LogP contribution < -0.4 is 10.6 Å². The minimum absolute atomic E-state index is 0.251. The van der Waals surface area contributed by atoms with Crippen LogP contribution in [-0.4, -0.2) is 24.1 Å². The number of nitriles is 1. The minimum atomic E-state index is 0.251. The molecule has 22 heavy (non-hydrogen) atoms. The number of nitrogens with one attached hydrogen (secondary N) is 2. The van der Waals surface area contributed by atoms with Gasteiger partial charge in [0.15, 0.2) is 5.01 Å². The van der Waals surface area contributed by atoms with Crippen LogP contribution in [0, 0.1) is 16.7 Å². The highest BCUT2D eigenvalue weighted by atomic mass is 32.1. The van der Waals surface area contributed by atoms with E-state index in [-0.39, 0.29) is 5.41 Å². The van der Waals surface area contributed by atoms with Gasteiger partial charge in [-0.2, -0.15) is 5.26 Å². The van der Waals surface area contributed by atoms with E-state index in [9.17, 15) is 0 Å². The molecule has 2 atom stereocenters. The average Bonchev–Trinajstić information content (AvgIpc) is 2.91. The summed E-state index contributed by atoms with van der Waals surface area (Å²) in [5.41, 5.74) is 2.26. The third kappa shape index (κ3) is 2.94. The molecule has 1 heterocycles. The largest absolute Gasteiger partial charge is 0.382 e. The molecular weight excluding hydrogens is 292 g/mol. The minimum Gasteiger partial charge on any atom is -0.382 e. The number of rotatable bonds is 3. The Kier molecular flexibility index (Phi) is 4.07. The number of hydrogen-bond donors (Lipinski definition) is 2. The standard InChI is InChI=1S/C17H22N4S/c1-17(2)9-12(19-3)5-7-15(17)20-11-4-6-14-13(8-11)21-16(10-18)22-14/h4,6,8,12,15,19-20H,5,7,9H2,1-3H3/t12-,15-/m1/s1. The number of hydrogen-bond acceptors (Lipinski definition) is 5. The molecule has 0 spiro atoms. The van der Waals surface area contributed by atoms with Gasteiger partial charge < -0.3 is 10.6 Å². The first-order valence-corrected chi connectivity index (χ1v) is 8.58. The van der Waals surface area contributed by atoms with E-state index >= 15 is 0 Å². The zero-order valence-electron chi connectivity index (χ0n) is 13.3. The summed E-state index contributed by atoms with van der Waals surface area (Å²) < 4.78 is 1.07. The van der Waals surface area contributed by atoms with Gasteiger partial charge in [0.05, 0.1) is 10.2 Å². The Hall–Kier alpha value is -1.64. The molecule has 3 rings (SSSR count). The maximum absolute atomic E-state index is 8.96. The molecule has 0 unspecified atom stereocenters. The summed E-state index contributed by atoms with van der Waals surface area (Å²) in [6.07, 6.45) is 3.55. The summed E-state index contributed by atoms with van der Waals surface area (Å²) in [6.45, 7) is 4.67. The number of anilines is 1. The second kappa shape index (κ2) is 5.86. The summed E-state index contributed by atoms with van der Waals surface area (Å²) in [5.74, 6) is 0. The first kappa shape index (κ1) is 15.3. The molecule has 0 aliphatic heterocycles. The lowest BCUT2D eigenvalue weighted by Gasteiger charge is -2.43. The SMILES string of the molecule is CN[C@@H]1CC[C@@H](Nc2ccc3sc(C#N)nc3c2)C(C)(C)C1. The number of benzene rings is 1. The van der Waals surface area contributed by atoms with E-state index in [1.165, 1.54) is 24.2 Å². The van der Waals surface area contributed by atoms with Crippen LogP contribution in [0.3, 0.4) is 0 Å². The predicted octanol–water partition coefficient (Wildman–Crippen LogP) is 3.75. The molecule has 0 saturated heterocycles. The van der Waals surface area contributed by atoms with Crippen LogP contribution in [0.15, 0.2) is 18.2 Å². The van der Waals surface area contributed by atoms with Gasteiger partial charge in [-0.1, -0.05) is 13.8 Å². The number of aromatic nitrogens is 1. The first-order valence-electron chi connectivity index (χ1n) is 7.76. The van der Waals surface area contributed by atoms with Gasteiger partial charge >= 0.3 is 0 Å². The van der Waals surface area contributed by atoms with Crippen LogP contribution in [-0.2, 0) is 0 Å². The number of thiazole rings is 1. The van der Waals surface area contributed by atoms with Crippen molar-refractivity contribution in [3.05, 3.63) is 23.2 Å². The van der Waals surface area contributed by atoms with Crippen LogP contribution in [0.1, 0.15) is 38.1 Å². The van der Waals surface area contributed by atoms with Crippen LogP contribution >= 0.6 is 11.3 Å². The summed E-state index contributed by atoms with van der Waals surface area (Å²) in [4.78, 5) is 4.35. The lowest BCUT2D eigenvalue weighted by Crippen LogP contribution is -2.46. The quantitative estimate of drug-likeness (QED) is 0.906. The van der Waals surface area contributed by atoms with Gasteiger partial charge in [-0.15, -0.1) is 11.3 Å². The van der Waals surface area contributed by atoms with Crippen molar-refractivity contribution >= 4 is 27.2 Å². The molecule has 1 aromatic carbocycles. The second-order valence-corrected chi connectivity index (χ2v) is 7.80. The van der Waals surface area contributed by atoms with Gasteiger partial charge in [0.25, 0.3) is 0 Å². The summed E-state index contributed by atoms with van der Waals surface area (Å²) >= 11 is 1.45. The van der Waals surface area contributed by atoms with Crippen molar-refractivity contribution in [3.8, 4) is 6.07 Å². The van der Waals surface area contributed by atoms with E-state index in [1.54, 1.807) is 0 Å². The van der Waals surface area contributed by atoms with Gasteiger partial charge in [-0.25, -0.2) is 4.98 Å². The van der Waals surface area contributed by atoms with Crippen molar-refractivity contribution in [2.45, 2.75) is 45.2 Å². The zero-order valence-corrected chi connectivity index (χ0v) is 14.1. The lowest BCUT2D eigenvalue weighted by atomic mass is 9.71. The van der Waals surface area contributed by atoms with Crippen LogP contribution in [0.4, 0.5) is 5.69 Å². The van der Waals surface area contributed by atoms with Crippen molar-refractivity contribution in [1.29, 1.82) is 5.26 Å². The van der Waals surface area contributed by atoms with E-state index in [0.29, 0.717) is 17.1 Å². The maximum Gasteiger partial charge on any atom is 0.195 e. The highest BCUT2D eigenvalue weighted by Crippen LogP contribution is 2.38. The normalized spacial score (nSPS) is 24.1. The highest BCUT2D eigenvalue weighted by molar-refractivity contribution is 7.19. The Bertz CT molecular complexity index is 713. The molecule has 2 N–H and O–H groups in total. The van der Waals surface area contributed by atoms with Gasteiger partial charge in [-0.05, 0) is 49.9 Å². The molecule has 1 aliphatic carbocycles. The number of fused-ring (bicyclic) bond motifs is 1. The number of nitrogens with zero attached hydrogens (tertiary/aromatic N) is 2. The molecule has 0 bridgehead atoms. The Morgan fingerprint density at radius 2 is 2.18 bits per heavy atom. The Balaban J connectivity index is 1.79. The third-order valence-electron chi connectivity index (χ3n) is 4.75. The molecule has 0 amide bonds. The monoisotopic (exact) mass is 314 g/mol. The van der Waals surface area contributed by atoms with Gasteiger partial charge in [0, 0.05) is 17.8 Å². The molecule has 1 aliphatic rings. The lowest BCUT2D eigenvalue weighted by molar-refractivity contribution is 0.181. The fourth-order valence-electron chi connectivity index (χ4n) is 3.42. The fraction of sp³-hybridized carbons (Fsp3) is 0.529. The Labute approximate surface area is 135 Å².